The number of carbonyl (C=O) groups is 1. The van der Waals surface area contributed by atoms with Crippen LogP contribution in [0.25, 0.3) is 16.3 Å². The third-order valence-corrected chi connectivity index (χ3v) is 6.66. The average molecular weight is 470 g/mol. The van der Waals surface area contributed by atoms with E-state index in [2.05, 4.69) is 15.4 Å². The fourth-order valence-corrected chi connectivity index (χ4v) is 4.94. The van der Waals surface area contributed by atoms with E-state index in [0.29, 0.717) is 47.5 Å². The summed E-state index contributed by atoms with van der Waals surface area (Å²) in [6.07, 6.45) is 0.706. The van der Waals surface area contributed by atoms with Gasteiger partial charge in [0, 0.05) is 40.2 Å². The van der Waals surface area contributed by atoms with Crippen molar-refractivity contribution in [2.75, 3.05) is 26.1 Å². The van der Waals surface area contributed by atoms with Crippen LogP contribution in [0.15, 0.2) is 42.5 Å². The highest BCUT2D eigenvalue weighted by molar-refractivity contribution is 7.17. The van der Waals surface area contributed by atoms with Gasteiger partial charge in [-0.15, -0.1) is 5.10 Å². The first-order chi connectivity index (χ1) is 15.6. The number of nitrogens with one attached hydrogen (secondary N) is 1. The van der Waals surface area contributed by atoms with Gasteiger partial charge in [-0.25, -0.2) is 9.31 Å². The highest BCUT2D eigenvalue weighted by atomic mass is 35.5. The molecule has 4 aromatic rings. The maximum absolute atomic E-state index is 12.9. The number of urea groups is 1. The van der Waals surface area contributed by atoms with Crippen LogP contribution in [-0.4, -0.2) is 46.3 Å². The molecule has 2 amide bonds. The summed E-state index contributed by atoms with van der Waals surface area (Å²) >= 11 is 7.54. The van der Waals surface area contributed by atoms with Crippen LogP contribution >= 0.6 is 22.9 Å². The molecule has 8 nitrogen and oxygen atoms in total. The maximum atomic E-state index is 12.9. The second-order valence-corrected chi connectivity index (χ2v) is 8.78. The van der Waals surface area contributed by atoms with E-state index in [1.165, 1.54) is 0 Å². The topological polar surface area (TPSA) is 81.0 Å². The van der Waals surface area contributed by atoms with Gasteiger partial charge >= 0.3 is 6.03 Å². The van der Waals surface area contributed by atoms with Crippen molar-refractivity contribution in [1.82, 2.24) is 19.5 Å². The molecule has 2 aromatic heterocycles. The monoisotopic (exact) mass is 469 g/mol. The summed E-state index contributed by atoms with van der Waals surface area (Å²) in [5.74, 6) is 1.85. The first-order valence-electron chi connectivity index (χ1n) is 9.97. The molecule has 10 heteroatoms. The quantitative estimate of drug-likeness (QED) is 0.467. The van der Waals surface area contributed by atoms with Crippen LogP contribution in [0.3, 0.4) is 0 Å². The standard InChI is InChI=1S/C22H20ClN5O3S/c1-30-17-8-7-15(11-18(17)31-2)24-21(29)27-10-9-16-19(12-27)32-22-25-20(26-28(16)22)13-3-5-14(23)6-4-13/h3-8,11H,9-10,12H2,1-2H3,(H,24,29). The fourth-order valence-electron chi connectivity index (χ4n) is 3.70. The van der Waals surface area contributed by atoms with Crippen molar-refractivity contribution >= 4 is 39.6 Å². The number of carbonyl (C=O) groups excluding carboxylic acids is 1. The van der Waals surface area contributed by atoms with Crippen LogP contribution in [0.4, 0.5) is 10.5 Å². The summed E-state index contributed by atoms with van der Waals surface area (Å²) in [7, 11) is 3.14. The normalized spacial score (nSPS) is 13.2. The molecule has 0 bridgehead atoms. The number of hydrogen-bond acceptors (Lipinski definition) is 6. The summed E-state index contributed by atoms with van der Waals surface area (Å²) < 4.78 is 12.5. The molecule has 0 unspecified atom stereocenters. The molecule has 0 saturated heterocycles. The van der Waals surface area contributed by atoms with E-state index < -0.39 is 0 Å². The summed E-state index contributed by atoms with van der Waals surface area (Å²) in [5.41, 5.74) is 2.67. The van der Waals surface area contributed by atoms with Gasteiger partial charge in [0.25, 0.3) is 0 Å². The Kier molecular flexibility index (Phi) is 5.36. The third kappa shape index (κ3) is 3.74. The minimum absolute atomic E-state index is 0.163. The number of thiazole rings is 1. The van der Waals surface area contributed by atoms with Gasteiger partial charge in [-0.1, -0.05) is 22.9 Å². The number of methoxy groups -OCH3 is 2. The molecule has 3 heterocycles. The second kappa shape index (κ2) is 8.33. The summed E-state index contributed by atoms with van der Waals surface area (Å²) in [6, 6.07) is 12.6. The van der Waals surface area contributed by atoms with Crippen LogP contribution < -0.4 is 14.8 Å². The van der Waals surface area contributed by atoms with Gasteiger partial charge in [0.05, 0.1) is 26.5 Å². The van der Waals surface area contributed by atoms with Crippen molar-refractivity contribution in [1.29, 1.82) is 0 Å². The zero-order chi connectivity index (χ0) is 22.2. The van der Waals surface area contributed by atoms with E-state index >= 15 is 0 Å². The van der Waals surface area contributed by atoms with Crippen molar-refractivity contribution in [2.45, 2.75) is 13.0 Å². The number of benzene rings is 2. The van der Waals surface area contributed by atoms with Gasteiger partial charge in [-0.2, -0.15) is 4.98 Å². The number of rotatable bonds is 4. The first kappa shape index (κ1) is 20.6. The van der Waals surface area contributed by atoms with Crippen molar-refractivity contribution in [3.63, 3.8) is 0 Å². The van der Waals surface area contributed by atoms with E-state index in [1.807, 2.05) is 28.8 Å². The van der Waals surface area contributed by atoms with Crippen molar-refractivity contribution in [3.8, 4) is 22.9 Å². The Hall–Kier alpha value is -3.30. The predicted molar refractivity (Wildman–Crippen MR) is 124 cm³/mol. The van der Waals surface area contributed by atoms with Crippen LogP contribution in [0.2, 0.25) is 5.02 Å². The molecule has 5 rings (SSSR count). The summed E-state index contributed by atoms with van der Waals surface area (Å²) in [4.78, 5) is 21.2. The maximum Gasteiger partial charge on any atom is 0.322 e. The Labute approximate surface area is 193 Å². The lowest BCUT2D eigenvalue weighted by molar-refractivity contribution is 0.206. The Morgan fingerprint density at radius 2 is 1.91 bits per heavy atom. The number of halogens is 1. The lowest BCUT2D eigenvalue weighted by Gasteiger charge is -2.26. The van der Waals surface area contributed by atoms with Gasteiger partial charge < -0.3 is 19.7 Å². The van der Waals surface area contributed by atoms with E-state index in [9.17, 15) is 4.79 Å². The van der Waals surface area contributed by atoms with Crippen LogP contribution in [0.1, 0.15) is 10.6 Å². The highest BCUT2D eigenvalue weighted by Gasteiger charge is 2.26. The summed E-state index contributed by atoms with van der Waals surface area (Å²) in [5, 5.41) is 8.30. The van der Waals surface area contributed by atoms with Gasteiger partial charge in [0.15, 0.2) is 17.3 Å². The smallest absolute Gasteiger partial charge is 0.322 e. The molecule has 1 N–H and O–H groups in total. The molecule has 32 heavy (non-hydrogen) atoms. The summed E-state index contributed by atoms with van der Waals surface area (Å²) in [6.45, 7) is 1.11. The minimum atomic E-state index is -0.163. The second-order valence-electron chi connectivity index (χ2n) is 7.28. The van der Waals surface area contributed by atoms with Crippen molar-refractivity contribution < 1.29 is 14.3 Å². The third-order valence-electron chi connectivity index (χ3n) is 5.35. The lowest BCUT2D eigenvalue weighted by atomic mass is 10.2. The van der Waals surface area contributed by atoms with Crippen LogP contribution in [-0.2, 0) is 13.0 Å². The zero-order valence-corrected chi connectivity index (χ0v) is 19.0. The van der Waals surface area contributed by atoms with Crippen molar-refractivity contribution in [2.24, 2.45) is 0 Å². The van der Waals surface area contributed by atoms with E-state index in [-0.39, 0.29) is 6.03 Å². The SMILES string of the molecule is COc1ccc(NC(=O)N2CCc3c(sc4nc(-c5ccc(Cl)cc5)nn34)C2)cc1OC. The molecule has 164 valence electrons. The average Bonchev–Trinajstić information content (AvgIpc) is 3.37. The predicted octanol–water partition coefficient (Wildman–Crippen LogP) is 4.72. The molecule has 1 aliphatic rings. The lowest BCUT2D eigenvalue weighted by Crippen LogP contribution is -2.38. The number of amides is 2. The number of hydrogen-bond donors (Lipinski definition) is 1. The Morgan fingerprint density at radius 1 is 1.12 bits per heavy atom. The van der Waals surface area contributed by atoms with Gasteiger partial charge in [0.1, 0.15) is 0 Å². The zero-order valence-electron chi connectivity index (χ0n) is 17.5. The molecular weight excluding hydrogens is 450 g/mol. The number of nitrogens with zero attached hydrogens (tertiary/aromatic N) is 4. The number of ether oxygens (including phenoxy) is 2. The van der Waals surface area contributed by atoms with E-state index in [4.69, 9.17) is 21.1 Å². The van der Waals surface area contributed by atoms with Gasteiger partial charge in [0.2, 0.25) is 4.96 Å². The number of aromatic nitrogens is 3. The molecule has 0 fully saturated rings. The Morgan fingerprint density at radius 3 is 2.66 bits per heavy atom. The van der Waals surface area contributed by atoms with Gasteiger partial charge in [-0.05, 0) is 36.4 Å². The largest absolute Gasteiger partial charge is 0.493 e. The molecule has 0 atom stereocenters. The van der Waals surface area contributed by atoms with Gasteiger partial charge in [-0.3, -0.25) is 0 Å². The van der Waals surface area contributed by atoms with Crippen LogP contribution in [0, 0.1) is 0 Å². The Bertz CT molecular complexity index is 1300. The first-order valence-corrected chi connectivity index (χ1v) is 11.2. The molecule has 2 aromatic carbocycles. The van der Waals surface area contributed by atoms with E-state index in [0.717, 1.165) is 21.1 Å². The minimum Gasteiger partial charge on any atom is -0.493 e. The molecule has 1 aliphatic heterocycles. The highest BCUT2D eigenvalue weighted by Crippen LogP contribution is 2.32. The Balaban J connectivity index is 1.33. The number of fused-ring (bicyclic) bond motifs is 3. The number of anilines is 1. The fraction of sp³-hybridized carbons (Fsp3) is 0.227. The van der Waals surface area contributed by atoms with E-state index in [1.54, 1.807) is 48.7 Å². The van der Waals surface area contributed by atoms with Crippen molar-refractivity contribution in [3.05, 3.63) is 58.1 Å². The molecular formula is C22H20ClN5O3S. The molecule has 0 radical (unpaired) electrons. The van der Waals surface area contributed by atoms with Crippen LogP contribution in [0.5, 0.6) is 11.5 Å². The molecule has 0 aliphatic carbocycles. The molecule has 0 saturated carbocycles. The molecule has 0 spiro atoms.